The molecule has 0 spiro atoms. The van der Waals surface area contributed by atoms with E-state index in [4.69, 9.17) is 4.74 Å². The van der Waals surface area contributed by atoms with Gasteiger partial charge in [-0.25, -0.2) is 0 Å². The standard InChI is InChI=1S/C11H22N2O2/c1-3-6-15-7-5-11(14)13(4-2)10-8-12-9-10/h10,12H,3-9H2,1-2H3. The minimum absolute atomic E-state index is 0.222. The molecule has 1 rings (SSSR count). The summed E-state index contributed by atoms with van der Waals surface area (Å²) in [7, 11) is 0. The Morgan fingerprint density at radius 3 is 2.60 bits per heavy atom. The summed E-state index contributed by atoms with van der Waals surface area (Å²) in [4.78, 5) is 13.7. The third-order valence-corrected chi connectivity index (χ3v) is 2.67. The fourth-order valence-corrected chi connectivity index (χ4v) is 1.68. The van der Waals surface area contributed by atoms with Gasteiger partial charge in [0, 0.05) is 26.2 Å². The molecule has 0 aliphatic carbocycles. The van der Waals surface area contributed by atoms with E-state index in [9.17, 15) is 4.79 Å². The van der Waals surface area contributed by atoms with Gasteiger partial charge >= 0.3 is 0 Å². The third-order valence-electron chi connectivity index (χ3n) is 2.67. The first-order valence-electron chi connectivity index (χ1n) is 5.87. The van der Waals surface area contributed by atoms with Crippen LogP contribution in [0.2, 0.25) is 0 Å². The molecule has 0 aromatic heterocycles. The van der Waals surface area contributed by atoms with Crippen LogP contribution in [0, 0.1) is 0 Å². The van der Waals surface area contributed by atoms with Crippen molar-refractivity contribution in [2.45, 2.75) is 32.7 Å². The molecular formula is C11H22N2O2. The molecule has 88 valence electrons. The van der Waals surface area contributed by atoms with Crippen molar-refractivity contribution in [3.05, 3.63) is 0 Å². The summed E-state index contributed by atoms with van der Waals surface area (Å²) in [6.45, 7) is 8.10. The van der Waals surface area contributed by atoms with Crippen LogP contribution in [-0.2, 0) is 9.53 Å². The van der Waals surface area contributed by atoms with Crippen LogP contribution in [0.1, 0.15) is 26.7 Å². The van der Waals surface area contributed by atoms with Crippen molar-refractivity contribution >= 4 is 5.91 Å². The molecule has 0 aromatic rings. The van der Waals surface area contributed by atoms with Crippen LogP contribution in [-0.4, -0.2) is 49.7 Å². The third kappa shape index (κ3) is 3.80. The summed E-state index contributed by atoms with van der Waals surface area (Å²) in [5, 5.41) is 3.18. The maximum absolute atomic E-state index is 11.8. The number of ether oxygens (including phenoxy) is 1. The SMILES string of the molecule is CCCOCCC(=O)N(CC)C1CNC1. The normalized spacial score (nSPS) is 16.1. The largest absolute Gasteiger partial charge is 0.381 e. The van der Waals surface area contributed by atoms with Crippen molar-refractivity contribution < 1.29 is 9.53 Å². The molecule has 0 atom stereocenters. The van der Waals surface area contributed by atoms with Gasteiger partial charge in [0.15, 0.2) is 0 Å². The second kappa shape index (κ2) is 6.80. The van der Waals surface area contributed by atoms with E-state index in [1.807, 2.05) is 11.8 Å². The molecular weight excluding hydrogens is 192 g/mol. The Hall–Kier alpha value is -0.610. The van der Waals surface area contributed by atoms with Crippen molar-refractivity contribution in [2.75, 3.05) is 32.8 Å². The Labute approximate surface area is 92.0 Å². The molecule has 0 saturated carbocycles. The smallest absolute Gasteiger partial charge is 0.225 e. The van der Waals surface area contributed by atoms with E-state index in [0.29, 0.717) is 19.1 Å². The van der Waals surface area contributed by atoms with E-state index in [1.165, 1.54) is 0 Å². The highest BCUT2D eigenvalue weighted by Crippen LogP contribution is 2.06. The minimum Gasteiger partial charge on any atom is -0.381 e. The van der Waals surface area contributed by atoms with Crippen molar-refractivity contribution in [1.29, 1.82) is 0 Å². The van der Waals surface area contributed by atoms with Crippen molar-refractivity contribution in [2.24, 2.45) is 0 Å². The lowest BCUT2D eigenvalue weighted by atomic mass is 10.1. The zero-order chi connectivity index (χ0) is 11.1. The number of hydrogen-bond acceptors (Lipinski definition) is 3. The predicted molar refractivity (Wildman–Crippen MR) is 59.8 cm³/mol. The molecule has 0 aromatic carbocycles. The highest BCUT2D eigenvalue weighted by molar-refractivity contribution is 5.76. The predicted octanol–water partition coefficient (Wildman–Crippen LogP) is 0.623. The van der Waals surface area contributed by atoms with E-state index in [1.54, 1.807) is 0 Å². The lowest BCUT2D eigenvalue weighted by molar-refractivity contribution is -0.135. The van der Waals surface area contributed by atoms with Crippen molar-refractivity contribution in [3.8, 4) is 0 Å². The fourth-order valence-electron chi connectivity index (χ4n) is 1.68. The van der Waals surface area contributed by atoms with Gasteiger partial charge in [-0.15, -0.1) is 0 Å². The Bertz CT molecular complexity index is 193. The quantitative estimate of drug-likeness (QED) is 0.632. The summed E-state index contributed by atoms with van der Waals surface area (Å²) >= 11 is 0. The summed E-state index contributed by atoms with van der Waals surface area (Å²) in [5.74, 6) is 0.222. The molecule has 1 aliphatic rings. The van der Waals surface area contributed by atoms with Gasteiger partial charge in [0.05, 0.1) is 19.1 Å². The van der Waals surface area contributed by atoms with Gasteiger partial charge < -0.3 is 15.0 Å². The number of likely N-dealkylation sites (N-methyl/N-ethyl adjacent to an activating group) is 1. The van der Waals surface area contributed by atoms with E-state index in [-0.39, 0.29) is 5.91 Å². The summed E-state index contributed by atoms with van der Waals surface area (Å²) < 4.78 is 5.32. The van der Waals surface area contributed by atoms with E-state index < -0.39 is 0 Å². The molecule has 1 amide bonds. The van der Waals surface area contributed by atoms with Gasteiger partial charge in [-0.05, 0) is 13.3 Å². The Morgan fingerprint density at radius 2 is 2.13 bits per heavy atom. The molecule has 0 bridgehead atoms. The molecule has 0 unspecified atom stereocenters. The van der Waals surface area contributed by atoms with Gasteiger partial charge in [-0.2, -0.15) is 0 Å². The van der Waals surface area contributed by atoms with E-state index in [2.05, 4.69) is 12.2 Å². The number of carbonyl (C=O) groups is 1. The molecule has 1 aliphatic heterocycles. The van der Waals surface area contributed by atoms with E-state index in [0.717, 1.165) is 32.7 Å². The topological polar surface area (TPSA) is 41.6 Å². The van der Waals surface area contributed by atoms with Crippen LogP contribution in [0.4, 0.5) is 0 Å². The van der Waals surface area contributed by atoms with Gasteiger partial charge in [-0.3, -0.25) is 4.79 Å². The fraction of sp³-hybridized carbons (Fsp3) is 0.909. The van der Waals surface area contributed by atoms with Gasteiger partial charge in [-0.1, -0.05) is 6.92 Å². The first kappa shape index (κ1) is 12.5. The number of hydrogen-bond donors (Lipinski definition) is 1. The van der Waals surface area contributed by atoms with Crippen molar-refractivity contribution in [3.63, 3.8) is 0 Å². The average molecular weight is 214 g/mol. The molecule has 1 N–H and O–H groups in total. The highest BCUT2D eigenvalue weighted by atomic mass is 16.5. The maximum Gasteiger partial charge on any atom is 0.225 e. The summed E-state index contributed by atoms with van der Waals surface area (Å²) in [5.41, 5.74) is 0. The Balaban J connectivity index is 2.18. The molecule has 1 fully saturated rings. The van der Waals surface area contributed by atoms with Crippen molar-refractivity contribution in [1.82, 2.24) is 10.2 Å². The van der Waals surface area contributed by atoms with Crippen LogP contribution < -0.4 is 5.32 Å². The van der Waals surface area contributed by atoms with Gasteiger partial charge in [0.1, 0.15) is 0 Å². The minimum atomic E-state index is 0.222. The molecule has 15 heavy (non-hydrogen) atoms. The number of amides is 1. The monoisotopic (exact) mass is 214 g/mol. The van der Waals surface area contributed by atoms with Crippen LogP contribution >= 0.6 is 0 Å². The number of nitrogens with zero attached hydrogens (tertiary/aromatic N) is 1. The lowest BCUT2D eigenvalue weighted by Crippen LogP contribution is -2.58. The molecule has 1 heterocycles. The molecule has 4 heteroatoms. The second-order valence-corrected chi connectivity index (χ2v) is 3.85. The summed E-state index contributed by atoms with van der Waals surface area (Å²) in [6, 6.07) is 0.411. The molecule has 4 nitrogen and oxygen atoms in total. The average Bonchev–Trinajstić information content (AvgIpc) is 2.17. The van der Waals surface area contributed by atoms with Crippen LogP contribution in [0.15, 0.2) is 0 Å². The number of carbonyl (C=O) groups excluding carboxylic acids is 1. The second-order valence-electron chi connectivity index (χ2n) is 3.85. The first-order chi connectivity index (χ1) is 7.29. The Kier molecular flexibility index (Phi) is 5.65. The zero-order valence-electron chi connectivity index (χ0n) is 9.79. The van der Waals surface area contributed by atoms with E-state index >= 15 is 0 Å². The zero-order valence-corrected chi connectivity index (χ0v) is 9.79. The van der Waals surface area contributed by atoms with Crippen LogP contribution in [0.5, 0.6) is 0 Å². The van der Waals surface area contributed by atoms with Crippen LogP contribution in [0.3, 0.4) is 0 Å². The maximum atomic E-state index is 11.8. The van der Waals surface area contributed by atoms with Crippen LogP contribution in [0.25, 0.3) is 0 Å². The summed E-state index contributed by atoms with van der Waals surface area (Å²) in [6.07, 6.45) is 1.53. The number of rotatable bonds is 7. The van der Waals surface area contributed by atoms with Gasteiger partial charge in [0.25, 0.3) is 0 Å². The molecule has 0 radical (unpaired) electrons. The lowest BCUT2D eigenvalue weighted by Gasteiger charge is -2.37. The first-order valence-corrected chi connectivity index (χ1v) is 5.87. The Morgan fingerprint density at radius 1 is 1.40 bits per heavy atom. The number of nitrogens with one attached hydrogen (secondary N) is 1. The molecule has 1 saturated heterocycles. The highest BCUT2D eigenvalue weighted by Gasteiger charge is 2.26. The van der Waals surface area contributed by atoms with Gasteiger partial charge in [0.2, 0.25) is 5.91 Å².